The molecule has 22 heavy (non-hydrogen) atoms. The summed E-state index contributed by atoms with van der Waals surface area (Å²) in [6, 6.07) is 14.7. The molecule has 2 aromatic carbocycles. The molecule has 0 atom stereocenters. The molecule has 2 N–H and O–H groups in total. The summed E-state index contributed by atoms with van der Waals surface area (Å²) >= 11 is 0. The quantitative estimate of drug-likeness (QED) is 0.805. The molecule has 2 rings (SSSR count). The van der Waals surface area contributed by atoms with Crippen LogP contribution in [0.4, 0.5) is 10.5 Å². The van der Waals surface area contributed by atoms with Crippen molar-refractivity contribution in [1.29, 1.82) is 0 Å². The van der Waals surface area contributed by atoms with Crippen LogP contribution in [-0.2, 0) is 0 Å². The van der Waals surface area contributed by atoms with E-state index in [0.29, 0.717) is 13.2 Å². The number of hydrogen-bond acceptors (Lipinski definition) is 3. The van der Waals surface area contributed by atoms with E-state index in [-0.39, 0.29) is 6.03 Å². The second kappa shape index (κ2) is 7.93. The van der Waals surface area contributed by atoms with Gasteiger partial charge < -0.3 is 20.1 Å². The van der Waals surface area contributed by atoms with E-state index in [1.165, 1.54) is 0 Å². The van der Waals surface area contributed by atoms with Crippen LogP contribution in [0.2, 0.25) is 0 Å². The number of amides is 2. The van der Waals surface area contributed by atoms with Crippen molar-refractivity contribution in [3.05, 3.63) is 54.1 Å². The summed E-state index contributed by atoms with van der Waals surface area (Å²) < 4.78 is 10.6. The summed E-state index contributed by atoms with van der Waals surface area (Å²) in [4.78, 5) is 11.7. The maximum absolute atomic E-state index is 11.7. The summed E-state index contributed by atoms with van der Waals surface area (Å²) in [5, 5.41) is 5.52. The average Bonchev–Trinajstić information content (AvgIpc) is 2.52. The Morgan fingerprint density at radius 3 is 2.50 bits per heavy atom. The minimum Gasteiger partial charge on any atom is -0.497 e. The zero-order valence-electron chi connectivity index (χ0n) is 12.8. The van der Waals surface area contributed by atoms with E-state index in [0.717, 1.165) is 22.7 Å². The Hall–Kier alpha value is -2.69. The Balaban J connectivity index is 1.68. The van der Waals surface area contributed by atoms with Crippen LogP contribution in [0.5, 0.6) is 11.5 Å². The molecule has 5 nitrogen and oxygen atoms in total. The maximum atomic E-state index is 11.7. The number of hydrogen-bond donors (Lipinski definition) is 2. The molecule has 2 amide bonds. The maximum Gasteiger partial charge on any atom is 0.319 e. The van der Waals surface area contributed by atoms with Crippen molar-refractivity contribution >= 4 is 11.7 Å². The van der Waals surface area contributed by atoms with Gasteiger partial charge in [-0.2, -0.15) is 0 Å². The lowest BCUT2D eigenvalue weighted by atomic mass is 10.2. The van der Waals surface area contributed by atoms with Gasteiger partial charge in [-0.1, -0.05) is 12.1 Å². The molecule has 0 spiro atoms. The fourth-order valence-corrected chi connectivity index (χ4v) is 1.90. The van der Waals surface area contributed by atoms with Crippen LogP contribution in [0.1, 0.15) is 5.56 Å². The molecule has 0 aliphatic carbocycles. The Labute approximate surface area is 130 Å². The first-order valence-corrected chi connectivity index (χ1v) is 7.06. The molecule has 0 fully saturated rings. The topological polar surface area (TPSA) is 59.6 Å². The van der Waals surface area contributed by atoms with Crippen molar-refractivity contribution in [3.63, 3.8) is 0 Å². The highest BCUT2D eigenvalue weighted by molar-refractivity contribution is 5.89. The van der Waals surface area contributed by atoms with Crippen molar-refractivity contribution in [1.82, 2.24) is 5.32 Å². The highest BCUT2D eigenvalue weighted by Gasteiger charge is 2.01. The van der Waals surface area contributed by atoms with Crippen LogP contribution in [0, 0.1) is 6.92 Å². The predicted octanol–water partition coefficient (Wildman–Crippen LogP) is 3.20. The second-order valence-corrected chi connectivity index (χ2v) is 4.77. The molecule has 0 saturated heterocycles. The molecule has 0 aromatic heterocycles. The lowest BCUT2D eigenvalue weighted by molar-refractivity contribution is 0.247. The van der Waals surface area contributed by atoms with E-state index in [1.54, 1.807) is 7.11 Å². The molecule has 0 aliphatic rings. The van der Waals surface area contributed by atoms with E-state index in [1.807, 2.05) is 55.5 Å². The van der Waals surface area contributed by atoms with Gasteiger partial charge >= 0.3 is 6.03 Å². The number of methoxy groups -OCH3 is 1. The van der Waals surface area contributed by atoms with E-state index in [9.17, 15) is 4.79 Å². The standard InChI is InChI=1S/C17H20N2O3/c1-13-4-3-5-14(12-13)19-17(20)18-10-11-22-16-8-6-15(21-2)7-9-16/h3-9,12H,10-11H2,1-2H3,(H2,18,19,20). The third-order valence-corrected chi connectivity index (χ3v) is 2.99. The van der Waals surface area contributed by atoms with Crippen LogP contribution < -0.4 is 20.1 Å². The smallest absolute Gasteiger partial charge is 0.319 e. The number of carbonyl (C=O) groups is 1. The Bertz CT molecular complexity index is 612. The molecular weight excluding hydrogens is 280 g/mol. The van der Waals surface area contributed by atoms with Crippen molar-refractivity contribution in [3.8, 4) is 11.5 Å². The van der Waals surface area contributed by atoms with Gasteiger partial charge in [-0.15, -0.1) is 0 Å². The normalized spacial score (nSPS) is 9.91. The molecule has 0 unspecified atom stereocenters. The number of benzene rings is 2. The van der Waals surface area contributed by atoms with Gasteiger partial charge in [-0.3, -0.25) is 0 Å². The van der Waals surface area contributed by atoms with Gasteiger partial charge in [-0.25, -0.2) is 4.79 Å². The second-order valence-electron chi connectivity index (χ2n) is 4.77. The SMILES string of the molecule is COc1ccc(OCCNC(=O)Nc2cccc(C)c2)cc1. The highest BCUT2D eigenvalue weighted by atomic mass is 16.5. The number of ether oxygens (including phenoxy) is 2. The minimum absolute atomic E-state index is 0.246. The van der Waals surface area contributed by atoms with Crippen LogP contribution in [-0.4, -0.2) is 26.3 Å². The third kappa shape index (κ3) is 5.01. The fraction of sp³-hybridized carbons (Fsp3) is 0.235. The van der Waals surface area contributed by atoms with Gasteiger partial charge in [0, 0.05) is 5.69 Å². The van der Waals surface area contributed by atoms with Crippen LogP contribution in [0.3, 0.4) is 0 Å². The number of anilines is 1. The number of urea groups is 1. The summed E-state index contributed by atoms with van der Waals surface area (Å²) in [5.41, 5.74) is 1.87. The first-order valence-electron chi connectivity index (χ1n) is 7.06. The first-order chi connectivity index (χ1) is 10.7. The van der Waals surface area contributed by atoms with Crippen molar-refractivity contribution in [2.24, 2.45) is 0 Å². The van der Waals surface area contributed by atoms with Gasteiger partial charge in [0.2, 0.25) is 0 Å². The Morgan fingerprint density at radius 2 is 1.82 bits per heavy atom. The van der Waals surface area contributed by atoms with E-state index < -0.39 is 0 Å². The zero-order valence-corrected chi connectivity index (χ0v) is 12.8. The fourth-order valence-electron chi connectivity index (χ4n) is 1.90. The largest absolute Gasteiger partial charge is 0.497 e. The summed E-state index contributed by atoms with van der Waals surface area (Å²) in [6.07, 6.45) is 0. The van der Waals surface area contributed by atoms with Gasteiger partial charge in [0.15, 0.2) is 0 Å². The number of rotatable bonds is 6. The predicted molar refractivity (Wildman–Crippen MR) is 86.7 cm³/mol. The van der Waals surface area contributed by atoms with E-state index in [2.05, 4.69) is 10.6 Å². The molecule has 116 valence electrons. The molecule has 5 heteroatoms. The van der Waals surface area contributed by atoms with Gasteiger partial charge in [-0.05, 0) is 48.9 Å². The molecule has 2 aromatic rings. The van der Waals surface area contributed by atoms with Crippen LogP contribution >= 0.6 is 0 Å². The highest BCUT2D eigenvalue weighted by Crippen LogP contribution is 2.16. The average molecular weight is 300 g/mol. The number of carbonyl (C=O) groups excluding carboxylic acids is 1. The molecule has 0 bridgehead atoms. The molecule has 0 heterocycles. The third-order valence-electron chi connectivity index (χ3n) is 2.99. The zero-order chi connectivity index (χ0) is 15.8. The van der Waals surface area contributed by atoms with Crippen LogP contribution in [0.15, 0.2) is 48.5 Å². The summed E-state index contributed by atoms with van der Waals surface area (Å²) in [6.45, 7) is 2.79. The molecular formula is C17H20N2O3. The van der Waals surface area contributed by atoms with E-state index >= 15 is 0 Å². The molecule has 0 aliphatic heterocycles. The van der Waals surface area contributed by atoms with Gasteiger partial charge in [0.25, 0.3) is 0 Å². The molecule has 0 radical (unpaired) electrons. The van der Waals surface area contributed by atoms with Crippen molar-refractivity contribution in [2.75, 3.05) is 25.6 Å². The van der Waals surface area contributed by atoms with Gasteiger partial charge in [0.05, 0.1) is 13.7 Å². The monoisotopic (exact) mass is 300 g/mol. The molecule has 0 saturated carbocycles. The minimum atomic E-state index is -0.246. The van der Waals surface area contributed by atoms with Crippen molar-refractivity contribution < 1.29 is 14.3 Å². The van der Waals surface area contributed by atoms with Gasteiger partial charge in [0.1, 0.15) is 18.1 Å². The Morgan fingerprint density at radius 1 is 1.09 bits per heavy atom. The number of nitrogens with one attached hydrogen (secondary N) is 2. The lowest BCUT2D eigenvalue weighted by Gasteiger charge is -2.09. The van der Waals surface area contributed by atoms with Crippen molar-refractivity contribution in [2.45, 2.75) is 6.92 Å². The van der Waals surface area contributed by atoms with Crippen LogP contribution in [0.25, 0.3) is 0 Å². The Kier molecular flexibility index (Phi) is 5.65. The first kappa shape index (κ1) is 15.7. The summed E-state index contributed by atoms with van der Waals surface area (Å²) in [7, 11) is 1.62. The lowest BCUT2D eigenvalue weighted by Crippen LogP contribution is -2.32. The number of aryl methyl sites for hydroxylation is 1. The summed E-state index contributed by atoms with van der Waals surface area (Å²) in [5.74, 6) is 1.52. The van der Waals surface area contributed by atoms with E-state index in [4.69, 9.17) is 9.47 Å².